The molecule has 0 saturated heterocycles. The fraction of sp³-hybridized carbons (Fsp3) is 0.0476. The topological polar surface area (TPSA) is 0 Å². The Labute approximate surface area is 133 Å². The van der Waals surface area contributed by atoms with E-state index in [2.05, 4.69) is 91.7 Å². The van der Waals surface area contributed by atoms with E-state index in [0.29, 0.717) is 0 Å². The van der Waals surface area contributed by atoms with E-state index < -0.39 is 8.07 Å². The highest BCUT2D eigenvalue weighted by atomic mass is 28.3. The molecule has 2 aromatic rings. The highest BCUT2D eigenvalue weighted by Crippen LogP contribution is 2.46. The first-order valence-corrected chi connectivity index (χ1v) is 10.3. The van der Waals surface area contributed by atoms with E-state index in [4.69, 9.17) is 0 Å². The molecule has 0 spiro atoms. The van der Waals surface area contributed by atoms with Gasteiger partial charge < -0.3 is 0 Å². The molecule has 22 heavy (non-hydrogen) atoms. The van der Waals surface area contributed by atoms with Gasteiger partial charge in [-0.15, -0.1) is 6.58 Å². The number of allylic oxidation sites excluding steroid dienone is 2. The second-order valence-electron chi connectivity index (χ2n) is 6.07. The van der Waals surface area contributed by atoms with Gasteiger partial charge >= 0.3 is 0 Å². The lowest BCUT2D eigenvalue weighted by molar-refractivity contribution is 1.36. The standard InChI is InChI=1S/C21H18Si/c1-3-22(2,20-14-12-16-8-4-6-10-18(16)20)21-15-13-17-9-5-7-11-19(17)21/h3-15H,1H2,2H3. The molecule has 1 heteroatoms. The average Bonchev–Trinajstić information content (AvgIpc) is 3.19. The monoisotopic (exact) mass is 298 g/mol. The third-order valence-corrected chi connectivity index (χ3v) is 8.81. The van der Waals surface area contributed by atoms with Gasteiger partial charge in [0.05, 0.1) is 0 Å². The first-order valence-electron chi connectivity index (χ1n) is 7.67. The van der Waals surface area contributed by atoms with Crippen LogP contribution in [0.4, 0.5) is 0 Å². The molecule has 4 rings (SSSR count). The molecule has 0 heterocycles. The Bertz CT molecular complexity index is 736. The van der Waals surface area contributed by atoms with Crippen LogP contribution in [0.2, 0.25) is 6.55 Å². The van der Waals surface area contributed by atoms with E-state index >= 15 is 0 Å². The lowest BCUT2D eigenvalue weighted by atomic mass is 10.1. The smallest absolute Gasteiger partial charge is 0.106 e. The molecule has 0 N–H and O–H groups in total. The molecular formula is C21H18Si. The van der Waals surface area contributed by atoms with Gasteiger partial charge in [-0.25, -0.2) is 0 Å². The number of hydrogen-bond donors (Lipinski definition) is 0. The van der Waals surface area contributed by atoms with Gasteiger partial charge in [-0.2, -0.15) is 0 Å². The van der Waals surface area contributed by atoms with E-state index in [-0.39, 0.29) is 0 Å². The molecule has 0 atom stereocenters. The summed E-state index contributed by atoms with van der Waals surface area (Å²) >= 11 is 0. The second-order valence-corrected chi connectivity index (χ2v) is 9.97. The Hall–Kier alpha value is -2.12. The lowest BCUT2D eigenvalue weighted by Crippen LogP contribution is -2.42. The Morgan fingerprint density at radius 2 is 1.18 bits per heavy atom. The van der Waals surface area contributed by atoms with Gasteiger partial charge in [0.2, 0.25) is 0 Å². The van der Waals surface area contributed by atoms with E-state index in [1.54, 1.807) is 0 Å². The van der Waals surface area contributed by atoms with E-state index in [1.165, 1.54) is 33.3 Å². The van der Waals surface area contributed by atoms with Crippen LogP contribution in [0.25, 0.3) is 12.2 Å². The summed E-state index contributed by atoms with van der Waals surface area (Å²) in [5.41, 5.74) is 10.6. The van der Waals surface area contributed by atoms with Gasteiger partial charge in [-0.05, 0) is 22.3 Å². The summed E-state index contributed by atoms with van der Waals surface area (Å²) in [5, 5.41) is 0. The molecule has 0 aromatic heterocycles. The summed E-state index contributed by atoms with van der Waals surface area (Å²) in [4.78, 5) is 0. The highest BCUT2D eigenvalue weighted by molar-refractivity contribution is 6.95. The summed E-state index contributed by atoms with van der Waals surface area (Å²) in [6.45, 7) is 6.63. The van der Waals surface area contributed by atoms with Gasteiger partial charge in [-0.3, -0.25) is 0 Å². The van der Waals surface area contributed by atoms with Crippen molar-refractivity contribution in [3.05, 3.63) is 106 Å². The Balaban J connectivity index is 1.81. The Kier molecular flexibility index (Phi) is 3.05. The van der Waals surface area contributed by atoms with Crippen LogP contribution in [0.5, 0.6) is 0 Å². The number of rotatable bonds is 3. The molecular weight excluding hydrogens is 280 g/mol. The molecule has 2 radical (unpaired) electrons. The van der Waals surface area contributed by atoms with Crippen LogP contribution >= 0.6 is 0 Å². The maximum absolute atomic E-state index is 4.22. The van der Waals surface area contributed by atoms with E-state index in [0.717, 1.165) is 0 Å². The summed E-state index contributed by atoms with van der Waals surface area (Å²) in [5.74, 6) is 0. The Morgan fingerprint density at radius 1 is 0.727 bits per heavy atom. The fourth-order valence-corrected chi connectivity index (χ4v) is 6.74. The summed E-state index contributed by atoms with van der Waals surface area (Å²) < 4.78 is 0. The third kappa shape index (κ3) is 1.82. The molecule has 2 aromatic carbocycles. The quantitative estimate of drug-likeness (QED) is 0.686. The van der Waals surface area contributed by atoms with Crippen molar-refractivity contribution in [3.63, 3.8) is 0 Å². The minimum Gasteiger partial charge on any atom is -0.107 e. The molecule has 0 fully saturated rings. The van der Waals surface area contributed by atoms with Gasteiger partial charge in [0.25, 0.3) is 0 Å². The van der Waals surface area contributed by atoms with Gasteiger partial charge in [-0.1, -0.05) is 85.1 Å². The normalized spacial score (nSPS) is 16.8. The predicted molar refractivity (Wildman–Crippen MR) is 97.5 cm³/mol. The Morgan fingerprint density at radius 3 is 1.64 bits per heavy atom. The summed E-state index contributed by atoms with van der Waals surface area (Å²) in [6.07, 6.45) is 9.09. The fourth-order valence-electron chi connectivity index (χ4n) is 3.57. The average molecular weight is 298 g/mol. The minimum absolute atomic E-state index is 1.33. The zero-order valence-electron chi connectivity index (χ0n) is 12.7. The zero-order valence-corrected chi connectivity index (χ0v) is 13.7. The van der Waals surface area contributed by atoms with Crippen molar-refractivity contribution in [1.82, 2.24) is 0 Å². The van der Waals surface area contributed by atoms with Crippen molar-refractivity contribution in [1.29, 1.82) is 0 Å². The van der Waals surface area contributed by atoms with Crippen molar-refractivity contribution < 1.29 is 0 Å². The van der Waals surface area contributed by atoms with Crippen molar-refractivity contribution in [3.8, 4) is 0 Å². The van der Waals surface area contributed by atoms with Gasteiger partial charge in [0.1, 0.15) is 8.07 Å². The first kappa shape index (κ1) is 13.5. The number of hydrogen-bond acceptors (Lipinski definition) is 0. The van der Waals surface area contributed by atoms with Crippen molar-refractivity contribution in [2.75, 3.05) is 0 Å². The third-order valence-electron chi connectivity index (χ3n) is 4.89. The van der Waals surface area contributed by atoms with Gasteiger partial charge in [0.15, 0.2) is 0 Å². The molecule has 2 aliphatic carbocycles. The maximum atomic E-state index is 4.22. The molecule has 0 aliphatic heterocycles. The van der Waals surface area contributed by atoms with Crippen LogP contribution in [0.1, 0.15) is 22.3 Å². The maximum Gasteiger partial charge on any atom is 0.106 e. The lowest BCUT2D eigenvalue weighted by Gasteiger charge is -2.35. The van der Waals surface area contributed by atoms with Crippen LogP contribution < -0.4 is 0 Å². The van der Waals surface area contributed by atoms with Crippen molar-refractivity contribution in [2.24, 2.45) is 0 Å². The molecule has 0 amide bonds. The number of benzene rings is 2. The molecule has 0 nitrogen and oxygen atoms in total. The van der Waals surface area contributed by atoms with E-state index in [1.807, 2.05) is 0 Å². The molecule has 0 unspecified atom stereocenters. The summed E-state index contributed by atoms with van der Waals surface area (Å²) in [7, 11) is -1.94. The molecule has 106 valence electrons. The first-order chi connectivity index (χ1) is 10.7. The highest BCUT2D eigenvalue weighted by Gasteiger charge is 2.45. The van der Waals surface area contributed by atoms with Crippen LogP contribution in [0, 0.1) is 11.1 Å². The SMILES string of the molecule is C=C[Si](C)([C]1C=Cc2ccccc21)[C]1C=Cc2ccccc21. The van der Waals surface area contributed by atoms with Crippen LogP contribution in [0.15, 0.2) is 73.0 Å². The minimum atomic E-state index is -1.94. The summed E-state index contributed by atoms with van der Waals surface area (Å²) in [6, 6.07) is 17.3. The van der Waals surface area contributed by atoms with Crippen LogP contribution in [0.3, 0.4) is 0 Å². The van der Waals surface area contributed by atoms with Gasteiger partial charge in [0, 0.05) is 11.1 Å². The molecule has 0 saturated carbocycles. The predicted octanol–water partition coefficient (Wildman–Crippen LogP) is 5.17. The zero-order chi connectivity index (χ0) is 15.2. The molecule has 0 bridgehead atoms. The van der Waals surface area contributed by atoms with E-state index in [9.17, 15) is 0 Å². The van der Waals surface area contributed by atoms with Crippen LogP contribution in [-0.2, 0) is 0 Å². The van der Waals surface area contributed by atoms with Crippen molar-refractivity contribution >= 4 is 20.2 Å². The second kappa shape index (κ2) is 4.96. The van der Waals surface area contributed by atoms with Crippen molar-refractivity contribution in [2.45, 2.75) is 6.55 Å². The molecule has 2 aliphatic rings. The largest absolute Gasteiger partial charge is 0.107 e. The van der Waals surface area contributed by atoms with Crippen LogP contribution in [-0.4, -0.2) is 8.07 Å². The number of fused-ring (bicyclic) bond motifs is 2.